The van der Waals surface area contributed by atoms with E-state index in [0.717, 1.165) is 23.2 Å². The minimum absolute atomic E-state index is 0.00157. The van der Waals surface area contributed by atoms with Crippen LogP contribution in [0.3, 0.4) is 0 Å². The number of amides is 1. The number of aryl methyl sites for hydroxylation is 2. The zero-order valence-electron chi connectivity index (χ0n) is 11.4. The smallest absolute Gasteiger partial charge is 0.239 e. The van der Waals surface area contributed by atoms with Gasteiger partial charge in [0.1, 0.15) is 0 Å². The van der Waals surface area contributed by atoms with Crippen molar-refractivity contribution in [2.75, 3.05) is 18.4 Å². The molecule has 18 heavy (non-hydrogen) atoms. The van der Waals surface area contributed by atoms with E-state index in [1.807, 2.05) is 39.0 Å². The van der Waals surface area contributed by atoms with Crippen LogP contribution in [-0.4, -0.2) is 25.0 Å². The molecule has 0 aliphatic heterocycles. The first-order valence-electron chi connectivity index (χ1n) is 6.33. The third-order valence-corrected chi connectivity index (χ3v) is 2.83. The number of anilines is 1. The average molecular weight is 249 g/mol. The molecule has 0 aliphatic rings. The van der Waals surface area contributed by atoms with E-state index >= 15 is 0 Å². The third kappa shape index (κ3) is 4.75. The minimum Gasteiger partial charge on any atom is -0.376 e. The Balaban J connectivity index is 2.38. The van der Waals surface area contributed by atoms with E-state index in [1.54, 1.807) is 0 Å². The molecule has 4 nitrogen and oxygen atoms in total. The molecule has 1 atom stereocenters. The van der Waals surface area contributed by atoms with Gasteiger partial charge >= 0.3 is 0 Å². The molecule has 1 unspecified atom stereocenters. The molecule has 0 saturated heterocycles. The van der Waals surface area contributed by atoms with Gasteiger partial charge in [-0.15, -0.1) is 0 Å². The van der Waals surface area contributed by atoms with Gasteiger partial charge < -0.3 is 16.4 Å². The maximum absolute atomic E-state index is 11.6. The molecule has 0 bridgehead atoms. The molecule has 4 N–H and O–H groups in total. The van der Waals surface area contributed by atoms with Gasteiger partial charge in [0.2, 0.25) is 5.91 Å². The summed E-state index contributed by atoms with van der Waals surface area (Å²) >= 11 is 0. The summed E-state index contributed by atoms with van der Waals surface area (Å²) in [7, 11) is 0. The van der Waals surface area contributed by atoms with Gasteiger partial charge in [-0.25, -0.2) is 0 Å². The Morgan fingerprint density at radius 1 is 1.33 bits per heavy atom. The van der Waals surface area contributed by atoms with E-state index in [4.69, 9.17) is 5.73 Å². The van der Waals surface area contributed by atoms with Crippen LogP contribution in [0.15, 0.2) is 18.2 Å². The molecule has 1 aromatic carbocycles. The second-order valence-electron chi connectivity index (χ2n) is 4.74. The Kier molecular flexibility index (Phi) is 5.65. The number of benzene rings is 1. The van der Waals surface area contributed by atoms with Crippen molar-refractivity contribution in [3.8, 4) is 0 Å². The lowest BCUT2D eigenvalue weighted by atomic mass is 10.1. The van der Waals surface area contributed by atoms with Gasteiger partial charge in [-0.2, -0.15) is 0 Å². The van der Waals surface area contributed by atoms with E-state index in [9.17, 15) is 4.79 Å². The molecule has 100 valence electrons. The van der Waals surface area contributed by atoms with Crippen LogP contribution in [0.5, 0.6) is 0 Å². The van der Waals surface area contributed by atoms with Crippen molar-refractivity contribution in [1.82, 2.24) is 5.32 Å². The Labute approximate surface area is 109 Å². The lowest BCUT2D eigenvalue weighted by Gasteiger charge is -2.13. The van der Waals surface area contributed by atoms with E-state index in [2.05, 4.69) is 10.6 Å². The van der Waals surface area contributed by atoms with Crippen molar-refractivity contribution in [3.05, 3.63) is 29.3 Å². The van der Waals surface area contributed by atoms with Gasteiger partial charge in [0.15, 0.2) is 0 Å². The molecule has 0 aliphatic carbocycles. The molecule has 0 spiro atoms. The predicted molar refractivity (Wildman–Crippen MR) is 75.7 cm³/mol. The second-order valence-corrected chi connectivity index (χ2v) is 4.74. The van der Waals surface area contributed by atoms with Gasteiger partial charge in [0, 0.05) is 18.3 Å². The van der Waals surface area contributed by atoms with Crippen molar-refractivity contribution in [2.45, 2.75) is 33.2 Å². The highest BCUT2D eigenvalue weighted by molar-refractivity contribution is 5.81. The molecule has 0 aromatic heterocycles. The molecule has 4 heteroatoms. The summed E-state index contributed by atoms with van der Waals surface area (Å²) in [4.78, 5) is 11.6. The van der Waals surface area contributed by atoms with Gasteiger partial charge in [0.25, 0.3) is 0 Å². The van der Waals surface area contributed by atoms with Crippen LogP contribution in [-0.2, 0) is 4.79 Å². The summed E-state index contributed by atoms with van der Waals surface area (Å²) in [6.45, 7) is 6.92. The molecule has 0 fully saturated rings. The van der Waals surface area contributed by atoms with Crippen LogP contribution in [0.2, 0.25) is 0 Å². The summed E-state index contributed by atoms with van der Waals surface area (Å²) in [5.41, 5.74) is 8.96. The Morgan fingerprint density at radius 3 is 2.50 bits per heavy atom. The number of nitrogens with one attached hydrogen (secondary N) is 2. The zero-order chi connectivity index (χ0) is 13.5. The summed E-state index contributed by atoms with van der Waals surface area (Å²) in [6.07, 6.45) is 0.801. The highest BCUT2D eigenvalue weighted by Crippen LogP contribution is 2.18. The van der Waals surface area contributed by atoms with Crippen molar-refractivity contribution < 1.29 is 4.79 Å². The minimum atomic E-state index is -0.00157. The highest BCUT2D eigenvalue weighted by atomic mass is 16.1. The fourth-order valence-corrected chi connectivity index (χ4v) is 1.76. The number of carbonyl (C=O) groups excluding carboxylic acids is 1. The number of para-hydroxylation sites is 1. The number of carbonyl (C=O) groups is 1. The van der Waals surface area contributed by atoms with Crippen LogP contribution >= 0.6 is 0 Å². The lowest BCUT2D eigenvalue weighted by molar-refractivity contribution is -0.119. The molecule has 1 aromatic rings. The fraction of sp³-hybridized carbons (Fsp3) is 0.500. The summed E-state index contributed by atoms with van der Waals surface area (Å²) in [5, 5.41) is 6.02. The second kappa shape index (κ2) is 7.01. The van der Waals surface area contributed by atoms with Gasteiger partial charge in [0.05, 0.1) is 6.54 Å². The first-order valence-corrected chi connectivity index (χ1v) is 6.33. The third-order valence-electron chi connectivity index (χ3n) is 2.83. The normalized spacial score (nSPS) is 12.0. The predicted octanol–water partition coefficient (Wildman–Crippen LogP) is 1.57. The standard InChI is InChI=1S/C14H23N3O/c1-10-5-4-6-11(2)14(10)17-9-13(18)16-8-7-12(3)15/h4-6,12,17H,7-9,15H2,1-3H3,(H,16,18). The van der Waals surface area contributed by atoms with Crippen LogP contribution in [0.4, 0.5) is 5.69 Å². The maximum Gasteiger partial charge on any atom is 0.239 e. The monoisotopic (exact) mass is 249 g/mol. The molecule has 1 amide bonds. The quantitative estimate of drug-likeness (QED) is 0.717. The molecular formula is C14H23N3O. The van der Waals surface area contributed by atoms with E-state index in [1.165, 1.54) is 0 Å². The average Bonchev–Trinajstić information content (AvgIpc) is 2.27. The van der Waals surface area contributed by atoms with Crippen LogP contribution in [0.25, 0.3) is 0 Å². The Morgan fingerprint density at radius 2 is 1.94 bits per heavy atom. The SMILES string of the molecule is Cc1cccc(C)c1NCC(=O)NCCC(C)N. The number of nitrogens with two attached hydrogens (primary N) is 1. The number of hydrogen-bond acceptors (Lipinski definition) is 3. The van der Waals surface area contributed by atoms with Crippen molar-refractivity contribution in [1.29, 1.82) is 0 Å². The van der Waals surface area contributed by atoms with Crippen LogP contribution < -0.4 is 16.4 Å². The first kappa shape index (κ1) is 14.5. The largest absolute Gasteiger partial charge is 0.376 e. The van der Waals surface area contributed by atoms with Gasteiger partial charge in [-0.1, -0.05) is 18.2 Å². The Bertz CT molecular complexity index is 382. The zero-order valence-corrected chi connectivity index (χ0v) is 11.4. The Hall–Kier alpha value is -1.55. The molecule has 1 rings (SSSR count). The van der Waals surface area contributed by atoms with E-state index < -0.39 is 0 Å². The molecule has 0 radical (unpaired) electrons. The van der Waals surface area contributed by atoms with Crippen molar-refractivity contribution >= 4 is 11.6 Å². The highest BCUT2D eigenvalue weighted by Gasteiger charge is 2.05. The van der Waals surface area contributed by atoms with Gasteiger partial charge in [-0.3, -0.25) is 4.79 Å². The summed E-state index contributed by atoms with van der Waals surface area (Å²) < 4.78 is 0. The molecule has 0 saturated carbocycles. The topological polar surface area (TPSA) is 67.2 Å². The van der Waals surface area contributed by atoms with E-state index in [0.29, 0.717) is 13.1 Å². The maximum atomic E-state index is 11.6. The van der Waals surface area contributed by atoms with Gasteiger partial charge in [-0.05, 0) is 38.3 Å². The first-order chi connectivity index (χ1) is 8.50. The summed E-state index contributed by atoms with van der Waals surface area (Å²) in [6, 6.07) is 6.20. The molecule has 0 heterocycles. The van der Waals surface area contributed by atoms with Crippen LogP contribution in [0.1, 0.15) is 24.5 Å². The lowest BCUT2D eigenvalue weighted by Crippen LogP contribution is -2.33. The fourth-order valence-electron chi connectivity index (χ4n) is 1.76. The molecular weight excluding hydrogens is 226 g/mol. The number of rotatable bonds is 6. The van der Waals surface area contributed by atoms with Crippen molar-refractivity contribution in [2.24, 2.45) is 5.73 Å². The van der Waals surface area contributed by atoms with Crippen LogP contribution in [0, 0.1) is 13.8 Å². The number of hydrogen-bond donors (Lipinski definition) is 3. The van der Waals surface area contributed by atoms with Crippen molar-refractivity contribution in [3.63, 3.8) is 0 Å². The summed E-state index contributed by atoms with van der Waals surface area (Å²) in [5.74, 6) is -0.00157. The van der Waals surface area contributed by atoms with E-state index in [-0.39, 0.29) is 11.9 Å².